The van der Waals surface area contributed by atoms with E-state index in [0.29, 0.717) is 23.3 Å². The Balaban J connectivity index is 2.24. The standard InChI is InChI=1S/C11H12ClN3O2/c1-16-6-9-14-11(17-15-9)10(13)7-4-2-3-5-8(7)12/h2-5,10H,6,13H2,1H3/t10-/m1/s1. The third-order valence-electron chi connectivity index (χ3n) is 2.26. The van der Waals surface area contributed by atoms with Gasteiger partial charge in [0.05, 0.1) is 0 Å². The van der Waals surface area contributed by atoms with Crippen molar-refractivity contribution in [1.82, 2.24) is 10.1 Å². The van der Waals surface area contributed by atoms with Gasteiger partial charge in [-0.25, -0.2) is 0 Å². The molecular formula is C11H12ClN3O2. The number of halogens is 1. The van der Waals surface area contributed by atoms with Crippen LogP contribution in [0.2, 0.25) is 5.02 Å². The van der Waals surface area contributed by atoms with Gasteiger partial charge in [-0.1, -0.05) is 35.0 Å². The van der Waals surface area contributed by atoms with Crippen LogP contribution in [0.15, 0.2) is 28.8 Å². The maximum Gasteiger partial charge on any atom is 0.248 e. The first-order valence-corrected chi connectivity index (χ1v) is 5.41. The van der Waals surface area contributed by atoms with Crippen molar-refractivity contribution in [2.24, 2.45) is 5.73 Å². The summed E-state index contributed by atoms with van der Waals surface area (Å²) in [6.45, 7) is 0.290. The summed E-state index contributed by atoms with van der Waals surface area (Å²) in [5.74, 6) is 0.787. The molecular weight excluding hydrogens is 242 g/mol. The van der Waals surface area contributed by atoms with Crippen molar-refractivity contribution in [3.05, 3.63) is 46.6 Å². The van der Waals surface area contributed by atoms with E-state index in [-0.39, 0.29) is 0 Å². The lowest BCUT2D eigenvalue weighted by molar-refractivity contribution is 0.174. The molecule has 0 saturated heterocycles. The van der Waals surface area contributed by atoms with Crippen LogP contribution in [0, 0.1) is 0 Å². The number of hydrogen-bond donors (Lipinski definition) is 1. The molecule has 0 aliphatic rings. The van der Waals surface area contributed by atoms with Gasteiger partial charge in [0.15, 0.2) is 5.82 Å². The molecule has 90 valence electrons. The lowest BCUT2D eigenvalue weighted by Gasteiger charge is -2.08. The van der Waals surface area contributed by atoms with Gasteiger partial charge in [-0.3, -0.25) is 0 Å². The van der Waals surface area contributed by atoms with E-state index in [1.807, 2.05) is 18.2 Å². The predicted molar refractivity (Wildman–Crippen MR) is 62.5 cm³/mol. The molecule has 0 unspecified atom stereocenters. The predicted octanol–water partition coefficient (Wildman–Crippen LogP) is 1.92. The maximum absolute atomic E-state index is 6.04. The molecule has 0 bridgehead atoms. The van der Waals surface area contributed by atoms with E-state index in [1.54, 1.807) is 13.2 Å². The zero-order valence-electron chi connectivity index (χ0n) is 9.26. The molecule has 0 saturated carbocycles. The average molecular weight is 254 g/mol. The van der Waals surface area contributed by atoms with Crippen LogP contribution < -0.4 is 5.73 Å². The van der Waals surface area contributed by atoms with Crippen LogP contribution in [-0.4, -0.2) is 17.3 Å². The Morgan fingerprint density at radius 3 is 2.94 bits per heavy atom. The van der Waals surface area contributed by atoms with Gasteiger partial charge in [-0.05, 0) is 11.6 Å². The van der Waals surface area contributed by atoms with E-state index in [1.165, 1.54) is 0 Å². The van der Waals surface area contributed by atoms with Gasteiger partial charge >= 0.3 is 0 Å². The van der Waals surface area contributed by atoms with E-state index in [0.717, 1.165) is 5.56 Å². The van der Waals surface area contributed by atoms with Gasteiger partial charge in [0.2, 0.25) is 5.89 Å². The molecule has 1 atom stereocenters. The van der Waals surface area contributed by atoms with Crippen molar-refractivity contribution in [3.63, 3.8) is 0 Å². The van der Waals surface area contributed by atoms with E-state index in [2.05, 4.69) is 10.1 Å². The summed E-state index contributed by atoms with van der Waals surface area (Å²) in [5.41, 5.74) is 6.76. The minimum Gasteiger partial charge on any atom is -0.377 e. The Morgan fingerprint density at radius 1 is 1.47 bits per heavy atom. The fourth-order valence-electron chi connectivity index (χ4n) is 1.44. The Labute approximate surface area is 104 Å². The van der Waals surface area contributed by atoms with Crippen molar-refractivity contribution >= 4 is 11.6 Å². The lowest BCUT2D eigenvalue weighted by atomic mass is 10.1. The first-order valence-electron chi connectivity index (χ1n) is 5.04. The molecule has 0 fully saturated rings. The summed E-state index contributed by atoms with van der Waals surface area (Å²) < 4.78 is 9.96. The zero-order chi connectivity index (χ0) is 12.3. The van der Waals surface area contributed by atoms with E-state index in [9.17, 15) is 0 Å². The zero-order valence-corrected chi connectivity index (χ0v) is 10.0. The number of methoxy groups -OCH3 is 1. The van der Waals surface area contributed by atoms with E-state index in [4.69, 9.17) is 26.6 Å². The van der Waals surface area contributed by atoms with Gasteiger partial charge in [-0.15, -0.1) is 0 Å². The molecule has 2 aromatic rings. The second kappa shape index (κ2) is 5.27. The summed E-state index contributed by atoms with van der Waals surface area (Å²) in [6, 6.07) is 6.76. The maximum atomic E-state index is 6.04. The van der Waals surface area contributed by atoms with Crippen molar-refractivity contribution in [3.8, 4) is 0 Å². The Hall–Kier alpha value is -1.43. The second-order valence-electron chi connectivity index (χ2n) is 3.48. The summed E-state index contributed by atoms with van der Waals surface area (Å²) >= 11 is 6.04. The smallest absolute Gasteiger partial charge is 0.248 e. The number of ether oxygens (including phenoxy) is 1. The largest absolute Gasteiger partial charge is 0.377 e. The molecule has 1 heterocycles. The SMILES string of the molecule is COCc1noc([C@H](N)c2ccccc2Cl)n1. The highest BCUT2D eigenvalue weighted by Crippen LogP contribution is 2.25. The summed E-state index contributed by atoms with van der Waals surface area (Å²) in [5, 5.41) is 4.32. The van der Waals surface area contributed by atoms with Gasteiger partial charge in [-0.2, -0.15) is 4.98 Å². The monoisotopic (exact) mass is 253 g/mol. The van der Waals surface area contributed by atoms with Crippen molar-refractivity contribution in [1.29, 1.82) is 0 Å². The van der Waals surface area contributed by atoms with Gasteiger partial charge in [0.25, 0.3) is 0 Å². The molecule has 17 heavy (non-hydrogen) atoms. The molecule has 0 radical (unpaired) electrons. The van der Waals surface area contributed by atoms with Crippen LogP contribution in [-0.2, 0) is 11.3 Å². The molecule has 5 nitrogen and oxygen atoms in total. The molecule has 0 spiro atoms. The molecule has 0 aliphatic heterocycles. The van der Waals surface area contributed by atoms with Crippen LogP contribution in [0.25, 0.3) is 0 Å². The van der Waals surface area contributed by atoms with Gasteiger partial charge < -0.3 is 15.0 Å². The number of benzene rings is 1. The number of nitrogens with zero attached hydrogens (tertiary/aromatic N) is 2. The topological polar surface area (TPSA) is 74.2 Å². The molecule has 0 amide bonds. The van der Waals surface area contributed by atoms with E-state index < -0.39 is 6.04 Å². The van der Waals surface area contributed by atoms with Crippen LogP contribution >= 0.6 is 11.6 Å². The van der Waals surface area contributed by atoms with Gasteiger partial charge in [0.1, 0.15) is 12.6 Å². The molecule has 2 N–H and O–H groups in total. The van der Waals surface area contributed by atoms with Crippen LogP contribution in [0.3, 0.4) is 0 Å². The summed E-state index contributed by atoms with van der Waals surface area (Å²) in [4.78, 5) is 4.13. The fourth-order valence-corrected chi connectivity index (χ4v) is 1.70. The third kappa shape index (κ3) is 2.63. The normalized spacial score (nSPS) is 12.6. The Bertz CT molecular complexity index is 501. The summed E-state index contributed by atoms with van der Waals surface area (Å²) in [7, 11) is 1.56. The molecule has 1 aromatic heterocycles. The molecule has 2 rings (SSSR count). The highest BCUT2D eigenvalue weighted by atomic mass is 35.5. The van der Waals surface area contributed by atoms with Crippen LogP contribution in [0.1, 0.15) is 23.3 Å². The first-order chi connectivity index (χ1) is 8.22. The first kappa shape index (κ1) is 12.0. The highest BCUT2D eigenvalue weighted by Gasteiger charge is 2.18. The van der Waals surface area contributed by atoms with Crippen LogP contribution in [0.4, 0.5) is 0 Å². The Morgan fingerprint density at radius 2 is 2.24 bits per heavy atom. The minimum absolute atomic E-state index is 0.290. The van der Waals surface area contributed by atoms with E-state index >= 15 is 0 Å². The van der Waals surface area contributed by atoms with Crippen molar-refractivity contribution in [2.45, 2.75) is 12.6 Å². The lowest BCUT2D eigenvalue weighted by Crippen LogP contribution is -2.12. The minimum atomic E-state index is -0.526. The second-order valence-corrected chi connectivity index (χ2v) is 3.89. The average Bonchev–Trinajstić information content (AvgIpc) is 2.78. The quantitative estimate of drug-likeness (QED) is 0.901. The number of rotatable bonds is 4. The number of aromatic nitrogens is 2. The van der Waals surface area contributed by atoms with Crippen molar-refractivity contribution in [2.75, 3.05) is 7.11 Å². The third-order valence-corrected chi connectivity index (χ3v) is 2.61. The van der Waals surface area contributed by atoms with Crippen LogP contribution in [0.5, 0.6) is 0 Å². The molecule has 0 aliphatic carbocycles. The van der Waals surface area contributed by atoms with Crippen molar-refractivity contribution < 1.29 is 9.26 Å². The summed E-state index contributed by atoms with van der Waals surface area (Å²) in [6.07, 6.45) is 0. The Kier molecular flexibility index (Phi) is 3.73. The highest BCUT2D eigenvalue weighted by molar-refractivity contribution is 6.31. The number of nitrogens with two attached hydrogens (primary N) is 1. The fraction of sp³-hybridized carbons (Fsp3) is 0.273. The molecule has 1 aromatic carbocycles. The molecule has 6 heteroatoms. The number of hydrogen-bond acceptors (Lipinski definition) is 5. The van der Waals surface area contributed by atoms with Gasteiger partial charge in [0, 0.05) is 12.1 Å².